The first-order chi connectivity index (χ1) is 6.33. The van der Waals surface area contributed by atoms with Gasteiger partial charge in [0.1, 0.15) is 5.69 Å². The Morgan fingerprint density at radius 2 is 2.31 bits per heavy atom. The molecule has 0 saturated heterocycles. The number of hydrogen-bond acceptors (Lipinski definition) is 3. The van der Waals surface area contributed by atoms with Crippen LogP contribution in [0, 0.1) is 6.92 Å². The summed E-state index contributed by atoms with van der Waals surface area (Å²) in [5.74, 6) is 0. The van der Waals surface area contributed by atoms with Gasteiger partial charge < -0.3 is 0 Å². The maximum absolute atomic E-state index is 4.23. The number of aryl methyl sites for hydroxylation is 1. The van der Waals surface area contributed by atoms with Gasteiger partial charge in [0.25, 0.3) is 0 Å². The van der Waals surface area contributed by atoms with Gasteiger partial charge in [-0.1, -0.05) is 0 Å². The molecule has 0 radical (unpaired) electrons. The van der Waals surface area contributed by atoms with Gasteiger partial charge in [-0.25, -0.2) is 0 Å². The number of nitrogens with one attached hydrogen (secondary N) is 1. The summed E-state index contributed by atoms with van der Waals surface area (Å²) in [6.45, 7) is 4.97. The molecule has 68 valence electrons. The molecule has 0 amide bonds. The van der Waals surface area contributed by atoms with Crippen molar-refractivity contribution in [3.8, 4) is 11.3 Å². The third-order valence-corrected chi connectivity index (χ3v) is 2.09. The fraction of sp³-hybridized carbons (Fsp3) is 0.375. The van der Waals surface area contributed by atoms with E-state index in [4.69, 9.17) is 0 Å². The van der Waals surface area contributed by atoms with Crippen molar-refractivity contribution < 1.29 is 0 Å². The van der Waals surface area contributed by atoms with Crippen LogP contribution in [0.2, 0.25) is 0 Å². The molecule has 1 N–H and O–H groups in total. The molecule has 0 unspecified atom stereocenters. The van der Waals surface area contributed by atoms with Crippen LogP contribution < -0.4 is 0 Å². The van der Waals surface area contributed by atoms with Gasteiger partial charge in [0, 0.05) is 17.8 Å². The van der Waals surface area contributed by atoms with E-state index in [9.17, 15) is 0 Å². The topological polar surface area (TPSA) is 59.4 Å². The van der Waals surface area contributed by atoms with Crippen LogP contribution in [0.15, 0.2) is 12.4 Å². The zero-order valence-electron chi connectivity index (χ0n) is 7.65. The molecule has 0 aliphatic heterocycles. The van der Waals surface area contributed by atoms with Crippen LogP contribution in [-0.4, -0.2) is 25.2 Å². The van der Waals surface area contributed by atoms with E-state index in [-0.39, 0.29) is 0 Å². The highest BCUT2D eigenvalue weighted by molar-refractivity contribution is 5.59. The van der Waals surface area contributed by atoms with Gasteiger partial charge in [-0.2, -0.15) is 20.5 Å². The first kappa shape index (κ1) is 7.97. The minimum atomic E-state index is 0.845. The Kier molecular flexibility index (Phi) is 1.84. The predicted molar refractivity (Wildman–Crippen MR) is 48.0 cm³/mol. The fourth-order valence-corrected chi connectivity index (χ4v) is 1.35. The lowest BCUT2D eigenvalue weighted by Crippen LogP contribution is -1.98. The van der Waals surface area contributed by atoms with Crippen molar-refractivity contribution in [3.05, 3.63) is 18.1 Å². The second-order valence-electron chi connectivity index (χ2n) is 2.81. The second kappa shape index (κ2) is 3.01. The lowest BCUT2D eigenvalue weighted by Gasteiger charge is -1.98. The quantitative estimate of drug-likeness (QED) is 0.744. The summed E-state index contributed by atoms with van der Waals surface area (Å²) in [6, 6.07) is 0. The van der Waals surface area contributed by atoms with Crippen molar-refractivity contribution in [2.45, 2.75) is 20.4 Å². The molecular weight excluding hydrogens is 166 g/mol. The van der Waals surface area contributed by atoms with E-state index in [1.807, 2.05) is 17.8 Å². The number of rotatable bonds is 2. The van der Waals surface area contributed by atoms with Gasteiger partial charge in [0.15, 0.2) is 0 Å². The molecule has 0 aliphatic carbocycles. The summed E-state index contributed by atoms with van der Waals surface area (Å²) in [5, 5.41) is 14.6. The Morgan fingerprint density at radius 3 is 2.85 bits per heavy atom. The highest BCUT2D eigenvalue weighted by Gasteiger charge is 2.08. The van der Waals surface area contributed by atoms with Gasteiger partial charge in [0.2, 0.25) is 0 Å². The molecule has 0 aliphatic rings. The summed E-state index contributed by atoms with van der Waals surface area (Å²) < 4.78 is 1.93. The van der Waals surface area contributed by atoms with Gasteiger partial charge >= 0.3 is 0 Å². The average molecular weight is 177 g/mol. The second-order valence-corrected chi connectivity index (χ2v) is 2.81. The Labute approximate surface area is 75.8 Å². The lowest BCUT2D eigenvalue weighted by atomic mass is 10.2. The number of aromatic amines is 1. The highest BCUT2D eigenvalue weighted by Crippen LogP contribution is 2.18. The number of aromatic nitrogens is 5. The molecule has 0 saturated carbocycles. The molecule has 2 aromatic rings. The smallest absolute Gasteiger partial charge is 0.116 e. The number of nitrogens with zero attached hydrogens (tertiary/aromatic N) is 4. The maximum atomic E-state index is 4.23. The standard InChI is InChI=1S/C8H11N5/c1-3-13-6(2)7(4-10-13)8-5-9-12-11-8/h4-5H,3H2,1-2H3,(H,9,11,12). The van der Waals surface area contributed by atoms with Gasteiger partial charge in [0.05, 0.1) is 12.4 Å². The van der Waals surface area contributed by atoms with Crippen molar-refractivity contribution >= 4 is 0 Å². The molecule has 0 spiro atoms. The van der Waals surface area contributed by atoms with Crippen LogP contribution in [0.5, 0.6) is 0 Å². The maximum Gasteiger partial charge on any atom is 0.116 e. The molecule has 0 aromatic carbocycles. The van der Waals surface area contributed by atoms with Crippen LogP contribution in [0.3, 0.4) is 0 Å². The van der Waals surface area contributed by atoms with E-state index in [0.29, 0.717) is 0 Å². The molecule has 0 atom stereocenters. The van der Waals surface area contributed by atoms with Gasteiger partial charge in [-0.15, -0.1) is 0 Å². The molecular formula is C8H11N5. The molecule has 13 heavy (non-hydrogen) atoms. The molecule has 2 rings (SSSR count). The Morgan fingerprint density at radius 1 is 1.46 bits per heavy atom. The first-order valence-corrected chi connectivity index (χ1v) is 4.21. The van der Waals surface area contributed by atoms with Crippen LogP contribution in [0.1, 0.15) is 12.6 Å². The van der Waals surface area contributed by atoms with E-state index in [1.165, 1.54) is 0 Å². The molecule has 0 bridgehead atoms. The fourth-order valence-electron chi connectivity index (χ4n) is 1.35. The van der Waals surface area contributed by atoms with Crippen LogP contribution in [0.4, 0.5) is 0 Å². The average Bonchev–Trinajstić information content (AvgIpc) is 2.72. The third kappa shape index (κ3) is 1.22. The largest absolute Gasteiger partial charge is 0.269 e. The minimum Gasteiger partial charge on any atom is -0.269 e. The van der Waals surface area contributed by atoms with Crippen molar-refractivity contribution in [1.29, 1.82) is 0 Å². The molecule has 5 nitrogen and oxygen atoms in total. The van der Waals surface area contributed by atoms with Crippen molar-refractivity contribution in [3.63, 3.8) is 0 Å². The van der Waals surface area contributed by atoms with E-state index < -0.39 is 0 Å². The summed E-state index contributed by atoms with van der Waals surface area (Å²) in [6.07, 6.45) is 3.51. The molecule has 0 fully saturated rings. The van der Waals surface area contributed by atoms with Crippen LogP contribution in [0.25, 0.3) is 11.3 Å². The van der Waals surface area contributed by atoms with Crippen molar-refractivity contribution in [2.24, 2.45) is 0 Å². The minimum absolute atomic E-state index is 0.845. The Bertz CT molecular complexity index is 387. The van der Waals surface area contributed by atoms with E-state index in [1.54, 1.807) is 6.20 Å². The van der Waals surface area contributed by atoms with Crippen LogP contribution in [-0.2, 0) is 6.54 Å². The number of H-pyrrole nitrogens is 1. The summed E-state index contributed by atoms with van der Waals surface area (Å²) in [7, 11) is 0. The molecule has 2 aromatic heterocycles. The summed E-state index contributed by atoms with van der Waals surface area (Å²) in [4.78, 5) is 0. The number of hydrogen-bond donors (Lipinski definition) is 1. The SMILES string of the molecule is CCn1ncc(-c2cn[nH]n2)c1C. The van der Waals surface area contributed by atoms with E-state index in [2.05, 4.69) is 27.4 Å². The van der Waals surface area contributed by atoms with E-state index in [0.717, 1.165) is 23.5 Å². The zero-order valence-corrected chi connectivity index (χ0v) is 7.65. The Hall–Kier alpha value is -1.65. The monoisotopic (exact) mass is 177 g/mol. The lowest BCUT2D eigenvalue weighted by molar-refractivity contribution is 0.640. The van der Waals surface area contributed by atoms with Crippen LogP contribution >= 0.6 is 0 Å². The zero-order chi connectivity index (χ0) is 9.26. The predicted octanol–water partition coefficient (Wildman–Crippen LogP) is 0.997. The van der Waals surface area contributed by atoms with Gasteiger partial charge in [-0.3, -0.25) is 4.68 Å². The summed E-state index contributed by atoms with van der Waals surface area (Å²) in [5.41, 5.74) is 3.00. The normalized spacial score (nSPS) is 10.6. The van der Waals surface area contributed by atoms with Crippen molar-refractivity contribution in [2.75, 3.05) is 0 Å². The first-order valence-electron chi connectivity index (χ1n) is 4.21. The molecule has 2 heterocycles. The third-order valence-electron chi connectivity index (χ3n) is 2.09. The summed E-state index contributed by atoms with van der Waals surface area (Å²) >= 11 is 0. The highest BCUT2D eigenvalue weighted by atomic mass is 15.3. The molecule has 5 heteroatoms. The van der Waals surface area contributed by atoms with E-state index >= 15 is 0 Å². The Balaban J connectivity index is 2.48. The van der Waals surface area contributed by atoms with Gasteiger partial charge in [-0.05, 0) is 13.8 Å². The van der Waals surface area contributed by atoms with Crippen molar-refractivity contribution in [1.82, 2.24) is 25.2 Å².